The molecule has 0 unspecified atom stereocenters. The largest absolute Gasteiger partial charge is 0.487 e. The summed E-state index contributed by atoms with van der Waals surface area (Å²) >= 11 is 0. The van der Waals surface area contributed by atoms with Crippen LogP contribution >= 0.6 is 0 Å². The molecule has 1 saturated heterocycles. The SMILES string of the molecule is N#Cc1cncc2c1O[C@H]1C[C@@H]2N(C(=O)C2(C(F)F)CCC2)C1. The number of alkyl halides is 2. The maximum absolute atomic E-state index is 13.5. The number of likely N-dealkylation sites (tertiary alicyclic amines) is 1. The average Bonchev–Trinajstić information content (AvgIpc) is 2.83. The van der Waals surface area contributed by atoms with Crippen LogP contribution in [0.25, 0.3) is 0 Å². The first-order chi connectivity index (χ1) is 11.1. The summed E-state index contributed by atoms with van der Waals surface area (Å²) in [5.41, 5.74) is -0.564. The van der Waals surface area contributed by atoms with Gasteiger partial charge < -0.3 is 9.64 Å². The minimum Gasteiger partial charge on any atom is -0.487 e. The third-order valence-corrected chi connectivity index (χ3v) is 5.30. The predicted octanol–water partition coefficient (Wildman–Crippen LogP) is 2.42. The summed E-state index contributed by atoms with van der Waals surface area (Å²) in [5, 5.41) is 9.16. The van der Waals surface area contributed by atoms with Crippen molar-refractivity contribution in [1.82, 2.24) is 9.88 Å². The van der Waals surface area contributed by atoms with E-state index in [1.165, 1.54) is 11.1 Å². The molecule has 0 N–H and O–H groups in total. The van der Waals surface area contributed by atoms with Gasteiger partial charge in [-0.15, -0.1) is 0 Å². The normalized spacial score (nSPS) is 27.0. The number of ether oxygens (including phenoxy) is 1. The third kappa shape index (κ3) is 1.87. The molecule has 120 valence electrons. The Hall–Kier alpha value is -2.23. The highest BCUT2D eigenvalue weighted by atomic mass is 19.3. The standard InChI is InChI=1S/C16H15F2N3O2/c17-14(18)16(2-1-3-16)15(22)21-8-10-4-12(21)11-7-20-6-9(5-19)13(11)23-10/h6-7,10,12,14H,1-4,8H2/t10-,12-/m0/s1. The molecule has 2 bridgehead atoms. The lowest BCUT2D eigenvalue weighted by atomic mass is 9.68. The Morgan fingerprint density at radius 3 is 2.87 bits per heavy atom. The molecule has 2 fully saturated rings. The van der Waals surface area contributed by atoms with Crippen LogP contribution in [0.3, 0.4) is 0 Å². The van der Waals surface area contributed by atoms with E-state index >= 15 is 0 Å². The minimum absolute atomic E-state index is 0.238. The van der Waals surface area contributed by atoms with Gasteiger partial charge in [-0.25, -0.2) is 8.78 Å². The van der Waals surface area contributed by atoms with Crippen LogP contribution in [0.2, 0.25) is 0 Å². The van der Waals surface area contributed by atoms with Crippen LogP contribution in [0.15, 0.2) is 12.4 Å². The molecular weight excluding hydrogens is 304 g/mol. The van der Waals surface area contributed by atoms with E-state index in [-0.39, 0.29) is 31.5 Å². The quantitative estimate of drug-likeness (QED) is 0.839. The second kappa shape index (κ2) is 4.88. The molecule has 3 heterocycles. The van der Waals surface area contributed by atoms with Gasteiger partial charge in [-0.1, -0.05) is 6.42 Å². The zero-order valence-corrected chi connectivity index (χ0v) is 12.3. The number of nitrogens with zero attached hydrogens (tertiary/aromatic N) is 3. The van der Waals surface area contributed by atoms with E-state index in [0.717, 1.165) is 0 Å². The first-order valence-electron chi connectivity index (χ1n) is 7.70. The lowest BCUT2D eigenvalue weighted by molar-refractivity contribution is -0.163. The van der Waals surface area contributed by atoms with E-state index < -0.39 is 17.7 Å². The van der Waals surface area contributed by atoms with E-state index in [1.54, 1.807) is 6.20 Å². The number of carbonyl (C=O) groups excluding carboxylic acids is 1. The monoisotopic (exact) mass is 319 g/mol. The summed E-state index contributed by atoms with van der Waals surface area (Å²) in [6.07, 6.45) is 1.79. The van der Waals surface area contributed by atoms with Crippen molar-refractivity contribution < 1.29 is 18.3 Å². The summed E-state index contributed by atoms with van der Waals surface area (Å²) in [6.45, 7) is 0.289. The van der Waals surface area contributed by atoms with Gasteiger partial charge in [0, 0.05) is 24.4 Å². The molecule has 0 radical (unpaired) electrons. The minimum atomic E-state index is -2.65. The fraction of sp³-hybridized carbons (Fsp3) is 0.562. The first-order valence-corrected chi connectivity index (χ1v) is 7.70. The molecule has 4 rings (SSSR count). The molecule has 1 aliphatic carbocycles. The Balaban J connectivity index is 1.71. The number of hydrogen-bond acceptors (Lipinski definition) is 4. The van der Waals surface area contributed by atoms with Crippen molar-refractivity contribution in [3.05, 3.63) is 23.5 Å². The van der Waals surface area contributed by atoms with Crippen LogP contribution < -0.4 is 4.74 Å². The highest BCUT2D eigenvalue weighted by molar-refractivity contribution is 5.85. The maximum Gasteiger partial charge on any atom is 0.252 e. The van der Waals surface area contributed by atoms with E-state index in [4.69, 9.17) is 10.00 Å². The summed E-state index contributed by atoms with van der Waals surface area (Å²) < 4.78 is 32.7. The molecule has 2 atom stereocenters. The number of amides is 1. The van der Waals surface area contributed by atoms with E-state index in [0.29, 0.717) is 29.7 Å². The topological polar surface area (TPSA) is 66.2 Å². The van der Waals surface area contributed by atoms with Gasteiger partial charge in [0.15, 0.2) is 0 Å². The molecule has 23 heavy (non-hydrogen) atoms. The van der Waals surface area contributed by atoms with Crippen LogP contribution in [0, 0.1) is 16.7 Å². The van der Waals surface area contributed by atoms with Crippen LogP contribution in [0.1, 0.15) is 42.9 Å². The van der Waals surface area contributed by atoms with Gasteiger partial charge in [0.05, 0.1) is 12.6 Å². The zero-order valence-electron chi connectivity index (χ0n) is 12.3. The molecule has 1 aromatic heterocycles. The van der Waals surface area contributed by atoms with Crippen molar-refractivity contribution in [2.45, 2.75) is 44.3 Å². The fourth-order valence-corrected chi connectivity index (χ4v) is 3.85. The van der Waals surface area contributed by atoms with Crippen LogP contribution in [0.5, 0.6) is 5.75 Å². The molecule has 2 aliphatic heterocycles. The molecule has 0 aromatic carbocycles. The Morgan fingerprint density at radius 1 is 1.48 bits per heavy atom. The Labute approximate surface area is 131 Å². The van der Waals surface area contributed by atoms with Gasteiger partial charge in [0.25, 0.3) is 6.43 Å². The smallest absolute Gasteiger partial charge is 0.252 e. The lowest BCUT2D eigenvalue weighted by Crippen LogP contribution is -2.52. The molecule has 0 spiro atoms. The molecule has 1 amide bonds. The summed E-state index contributed by atoms with van der Waals surface area (Å²) in [7, 11) is 0. The fourth-order valence-electron chi connectivity index (χ4n) is 3.85. The van der Waals surface area contributed by atoms with E-state index in [9.17, 15) is 13.6 Å². The van der Waals surface area contributed by atoms with Crippen LogP contribution in [-0.4, -0.2) is 34.9 Å². The van der Waals surface area contributed by atoms with Gasteiger partial charge in [0.2, 0.25) is 5.91 Å². The van der Waals surface area contributed by atoms with Crippen molar-refractivity contribution in [3.8, 4) is 11.8 Å². The van der Waals surface area contributed by atoms with Crippen LogP contribution in [0.4, 0.5) is 8.78 Å². The number of nitriles is 1. The van der Waals surface area contributed by atoms with Crippen molar-refractivity contribution in [1.29, 1.82) is 5.26 Å². The van der Waals surface area contributed by atoms with Gasteiger partial charge in [-0.3, -0.25) is 9.78 Å². The number of rotatable bonds is 2. The van der Waals surface area contributed by atoms with Crippen molar-refractivity contribution in [2.24, 2.45) is 5.41 Å². The number of fused-ring (bicyclic) bond motifs is 4. The number of hydrogen-bond donors (Lipinski definition) is 0. The number of halogens is 2. The van der Waals surface area contributed by atoms with E-state index in [1.807, 2.05) is 6.07 Å². The Kier molecular flexibility index (Phi) is 3.05. The zero-order chi connectivity index (χ0) is 16.2. The highest BCUT2D eigenvalue weighted by Gasteiger charge is 2.56. The number of pyridine rings is 1. The van der Waals surface area contributed by atoms with E-state index in [2.05, 4.69) is 4.98 Å². The summed E-state index contributed by atoms with van der Waals surface area (Å²) in [4.78, 5) is 18.3. The van der Waals surface area contributed by atoms with Crippen molar-refractivity contribution in [2.75, 3.05) is 6.54 Å². The van der Waals surface area contributed by atoms with Gasteiger partial charge in [-0.05, 0) is 12.8 Å². The highest BCUT2D eigenvalue weighted by Crippen LogP contribution is 2.51. The molecule has 5 nitrogen and oxygen atoms in total. The molecule has 7 heteroatoms. The maximum atomic E-state index is 13.5. The second-order valence-corrected chi connectivity index (χ2v) is 6.48. The Bertz CT molecular complexity index is 712. The summed E-state index contributed by atoms with van der Waals surface area (Å²) in [5.74, 6) is -0.0381. The first kappa shape index (κ1) is 14.4. The van der Waals surface area contributed by atoms with Crippen molar-refractivity contribution in [3.63, 3.8) is 0 Å². The van der Waals surface area contributed by atoms with Crippen LogP contribution in [-0.2, 0) is 4.79 Å². The van der Waals surface area contributed by atoms with Crippen molar-refractivity contribution >= 4 is 5.91 Å². The third-order valence-electron chi connectivity index (χ3n) is 5.30. The molecule has 1 saturated carbocycles. The molecule has 3 aliphatic rings. The summed E-state index contributed by atoms with van der Waals surface area (Å²) in [6, 6.07) is 1.70. The average molecular weight is 319 g/mol. The lowest BCUT2D eigenvalue weighted by Gasteiger charge is -2.43. The number of aromatic nitrogens is 1. The molecular formula is C16H15F2N3O2. The second-order valence-electron chi connectivity index (χ2n) is 6.48. The van der Waals surface area contributed by atoms with Gasteiger partial charge in [-0.2, -0.15) is 5.26 Å². The molecule has 1 aromatic rings. The Morgan fingerprint density at radius 2 is 2.26 bits per heavy atom. The van der Waals surface area contributed by atoms with Gasteiger partial charge >= 0.3 is 0 Å². The predicted molar refractivity (Wildman–Crippen MR) is 74.7 cm³/mol. The van der Waals surface area contributed by atoms with Gasteiger partial charge in [0.1, 0.15) is 28.9 Å². The number of carbonyl (C=O) groups is 1.